The molecule has 34 heavy (non-hydrogen) atoms. The summed E-state index contributed by atoms with van der Waals surface area (Å²) in [5.74, 6) is -0.0709. The molecule has 1 aliphatic heterocycles. The Kier molecular flexibility index (Phi) is 6.84. The summed E-state index contributed by atoms with van der Waals surface area (Å²) in [6.07, 6.45) is 6.43. The summed E-state index contributed by atoms with van der Waals surface area (Å²) in [6.45, 7) is 5.67. The van der Waals surface area contributed by atoms with Crippen LogP contribution in [0.3, 0.4) is 0 Å². The van der Waals surface area contributed by atoms with E-state index in [1.54, 1.807) is 29.1 Å². The fourth-order valence-corrected chi connectivity index (χ4v) is 4.26. The number of carbonyl (C=O) groups is 1. The van der Waals surface area contributed by atoms with Crippen LogP contribution in [-0.2, 0) is 11.3 Å². The number of pyridine rings is 1. The number of fused-ring (bicyclic) bond motifs is 1. The predicted molar refractivity (Wildman–Crippen MR) is 129 cm³/mol. The lowest BCUT2D eigenvalue weighted by Crippen LogP contribution is -2.38. The minimum absolute atomic E-state index is 0.0709. The van der Waals surface area contributed by atoms with Crippen molar-refractivity contribution in [3.63, 3.8) is 0 Å². The lowest BCUT2D eigenvalue weighted by Gasteiger charge is -2.26. The molecule has 1 aromatic carbocycles. The molecule has 0 unspecified atom stereocenters. The summed E-state index contributed by atoms with van der Waals surface area (Å²) in [7, 11) is 0. The first-order valence-corrected chi connectivity index (χ1v) is 11.7. The lowest BCUT2D eigenvalue weighted by molar-refractivity contribution is 0.0374. The van der Waals surface area contributed by atoms with Crippen molar-refractivity contribution in [2.75, 3.05) is 39.4 Å². The summed E-state index contributed by atoms with van der Waals surface area (Å²) in [5.41, 5.74) is 3.06. The van der Waals surface area contributed by atoms with Gasteiger partial charge in [0.05, 0.1) is 36.7 Å². The summed E-state index contributed by atoms with van der Waals surface area (Å²) < 4.78 is 9.05. The third kappa shape index (κ3) is 5.11. The first-order valence-electron chi connectivity index (χ1n) is 11.4. The van der Waals surface area contributed by atoms with E-state index in [4.69, 9.17) is 16.3 Å². The highest BCUT2D eigenvalue weighted by Gasteiger charge is 2.12. The Morgan fingerprint density at radius 1 is 1.12 bits per heavy atom. The summed E-state index contributed by atoms with van der Waals surface area (Å²) in [6, 6.07) is 11.1. The van der Waals surface area contributed by atoms with Crippen LogP contribution in [-0.4, -0.2) is 74.7 Å². The van der Waals surface area contributed by atoms with Gasteiger partial charge >= 0.3 is 0 Å². The zero-order valence-corrected chi connectivity index (χ0v) is 19.5. The number of carbonyl (C=O) groups excluding carboxylic acids is 1. The number of nitrogens with one attached hydrogen (secondary N) is 1. The van der Waals surface area contributed by atoms with Crippen LogP contribution in [0.15, 0.2) is 55.0 Å². The molecular weight excluding hydrogens is 454 g/mol. The van der Waals surface area contributed by atoms with E-state index < -0.39 is 0 Å². The van der Waals surface area contributed by atoms with Crippen LogP contribution < -0.4 is 5.32 Å². The van der Waals surface area contributed by atoms with Crippen LogP contribution >= 0.6 is 11.6 Å². The van der Waals surface area contributed by atoms with Gasteiger partial charge in [0.15, 0.2) is 0 Å². The van der Waals surface area contributed by atoms with Gasteiger partial charge in [-0.15, -0.1) is 5.10 Å². The van der Waals surface area contributed by atoms with Crippen molar-refractivity contribution >= 4 is 28.5 Å². The molecule has 0 aliphatic carbocycles. The van der Waals surface area contributed by atoms with Crippen molar-refractivity contribution in [1.29, 1.82) is 0 Å². The van der Waals surface area contributed by atoms with Crippen LogP contribution in [0.4, 0.5) is 0 Å². The number of aromatic nitrogens is 5. The Morgan fingerprint density at radius 3 is 2.76 bits per heavy atom. The van der Waals surface area contributed by atoms with Crippen molar-refractivity contribution in [2.24, 2.45) is 0 Å². The Hall–Kier alpha value is -3.27. The topological polar surface area (TPSA) is 90.1 Å². The molecule has 1 saturated heterocycles. The first kappa shape index (κ1) is 22.5. The molecule has 4 aromatic rings. The molecule has 0 spiro atoms. The number of nitrogens with zero attached hydrogens (tertiary/aromatic N) is 6. The maximum absolute atomic E-state index is 12.5. The van der Waals surface area contributed by atoms with E-state index in [2.05, 4.69) is 25.5 Å². The van der Waals surface area contributed by atoms with E-state index in [1.807, 2.05) is 35.2 Å². The summed E-state index contributed by atoms with van der Waals surface area (Å²) in [5, 5.41) is 13.1. The standard InChI is InChI=1S/C24H26ClN7O2/c25-22-6-9-26-23-21(22)7-11-31(23)16-19-17-32(29-28-19)20-4-2-18(3-5-20)24(33)27-8-1-10-30-12-14-34-15-13-30/h2-7,9,11,17H,1,8,10,12-16H2,(H,27,33). The van der Waals surface area contributed by atoms with Crippen molar-refractivity contribution in [1.82, 2.24) is 34.8 Å². The Labute approximate surface area is 202 Å². The van der Waals surface area contributed by atoms with E-state index in [9.17, 15) is 4.79 Å². The molecule has 1 N–H and O–H groups in total. The van der Waals surface area contributed by atoms with Gasteiger partial charge in [0.25, 0.3) is 5.91 Å². The number of rotatable bonds is 8. The maximum Gasteiger partial charge on any atom is 0.251 e. The molecule has 0 bridgehead atoms. The van der Waals surface area contributed by atoms with Crippen LogP contribution in [0.25, 0.3) is 16.7 Å². The molecular formula is C24H26ClN7O2. The van der Waals surface area contributed by atoms with E-state index in [0.29, 0.717) is 23.7 Å². The van der Waals surface area contributed by atoms with Gasteiger partial charge in [0.2, 0.25) is 0 Å². The molecule has 0 saturated carbocycles. The second-order valence-electron chi connectivity index (χ2n) is 8.24. The highest BCUT2D eigenvalue weighted by molar-refractivity contribution is 6.35. The minimum Gasteiger partial charge on any atom is -0.379 e. The van der Waals surface area contributed by atoms with E-state index >= 15 is 0 Å². The minimum atomic E-state index is -0.0709. The van der Waals surface area contributed by atoms with Crippen molar-refractivity contribution in [3.05, 3.63) is 71.3 Å². The zero-order valence-electron chi connectivity index (χ0n) is 18.7. The average Bonchev–Trinajstić information content (AvgIpc) is 3.51. The lowest BCUT2D eigenvalue weighted by atomic mass is 10.2. The molecule has 5 rings (SSSR count). The first-order chi connectivity index (χ1) is 16.7. The summed E-state index contributed by atoms with van der Waals surface area (Å²) >= 11 is 6.24. The smallest absolute Gasteiger partial charge is 0.251 e. The number of hydrogen-bond donors (Lipinski definition) is 1. The van der Waals surface area contributed by atoms with E-state index in [-0.39, 0.29) is 5.91 Å². The third-order valence-corrected chi connectivity index (χ3v) is 6.25. The van der Waals surface area contributed by atoms with Gasteiger partial charge in [-0.3, -0.25) is 9.69 Å². The molecule has 0 atom stereocenters. The molecule has 176 valence electrons. The Morgan fingerprint density at radius 2 is 1.94 bits per heavy atom. The zero-order chi connectivity index (χ0) is 23.3. The second kappa shape index (κ2) is 10.3. The average molecular weight is 480 g/mol. The number of morpholine rings is 1. The van der Waals surface area contributed by atoms with Crippen LogP contribution in [0.2, 0.25) is 5.02 Å². The molecule has 4 heterocycles. The fourth-order valence-electron chi connectivity index (χ4n) is 4.05. The maximum atomic E-state index is 12.5. The van der Waals surface area contributed by atoms with Gasteiger partial charge in [-0.05, 0) is 49.4 Å². The van der Waals surface area contributed by atoms with Gasteiger partial charge in [0.1, 0.15) is 11.3 Å². The van der Waals surface area contributed by atoms with Crippen molar-refractivity contribution in [3.8, 4) is 5.69 Å². The van der Waals surface area contributed by atoms with Gasteiger partial charge in [-0.2, -0.15) is 0 Å². The SMILES string of the molecule is O=C(NCCCN1CCOCC1)c1ccc(-n2cc(Cn3ccc4c(Cl)ccnc43)nn2)cc1. The normalized spacial score (nSPS) is 14.5. The molecule has 3 aromatic heterocycles. The molecule has 1 fully saturated rings. The van der Waals surface area contributed by atoms with Crippen molar-refractivity contribution in [2.45, 2.75) is 13.0 Å². The van der Waals surface area contributed by atoms with Gasteiger partial charge in [-0.25, -0.2) is 9.67 Å². The predicted octanol–water partition coefficient (Wildman–Crippen LogP) is 2.77. The Balaban J connectivity index is 1.16. The third-order valence-electron chi connectivity index (χ3n) is 5.92. The van der Waals surface area contributed by atoms with Crippen LogP contribution in [0, 0.1) is 0 Å². The number of benzene rings is 1. The Bertz CT molecular complexity index is 1260. The molecule has 0 radical (unpaired) electrons. The number of amides is 1. The van der Waals surface area contributed by atoms with E-state index in [0.717, 1.165) is 61.7 Å². The summed E-state index contributed by atoms with van der Waals surface area (Å²) in [4.78, 5) is 19.2. The molecule has 1 aliphatic rings. The van der Waals surface area contributed by atoms with Crippen LogP contribution in [0.1, 0.15) is 22.5 Å². The second-order valence-corrected chi connectivity index (χ2v) is 8.65. The number of hydrogen-bond acceptors (Lipinski definition) is 6. The monoisotopic (exact) mass is 479 g/mol. The highest BCUT2D eigenvalue weighted by Crippen LogP contribution is 2.22. The van der Waals surface area contributed by atoms with E-state index in [1.165, 1.54) is 0 Å². The largest absolute Gasteiger partial charge is 0.379 e. The van der Waals surface area contributed by atoms with Gasteiger partial charge in [0, 0.05) is 43.0 Å². The van der Waals surface area contributed by atoms with Crippen LogP contribution in [0.5, 0.6) is 0 Å². The highest BCUT2D eigenvalue weighted by atomic mass is 35.5. The number of halogens is 1. The quantitative estimate of drug-likeness (QED) is 0.391. The number of ether oxygens (including phenoxy) is 1. The molecule has 10 heteroatoms. The van der Waals surface area contributed by atoms with Gasteiger partial charge in [-0.1, -0.05) is 16.8 Å². The van der Waals surface area contributed by atoms with Crippen molar-refractivity contribution < 1.29 is 9.53 Å². The molecule has 9 nitrogen and oxygen atoms in total. The molecule has 1 amide bonds. The fraction of sp³-hybridized carbons (Fsp3) is 0.333. The van der Waals surface area contributed by atoms with Gasteiger partial charge < -0.3 is 14.6 Å².